The van der Waals surface area contributed by atoms with Crippen molar-refractivity contribution >= 4 is 122 Å². The van der Waals surface area contributed by atoms with Crippen LogP contribution in [0.1, 0.15) is 96.2 Å². The summed E-state index contributed by atoms with van der Waals surface area (Å²) in [5.74, 6) is 99.1. The number of hydrogen-bond donors (Lipinski definition) is 2. The summed E-state index contributed by atoms with van der Waals surface area (Å²) in [7, 11) is 0. The highest BCUT2D eigenvalue weighted by Gasteiger charge is 2.49. The third-order valence-electron chi connectivity index (χ3n) is 17.3. The van der Waals surface area contributed by atoms with Crippen LogP contribution in [0.15, 0.2) is 143 Å². The molecule has 8 aromatic rings. The zero-order chi connectivity index (χ0) is 87.4. The molecule has 6 fully saturated rings. The number of esters is 3. The Morgan fingerprint density at radius 1 is 0.476 bits per heavy atom. The SMILES string of the molecule is C#CC#CC#CC#CC#CC#CC#CC#CC#CC.C#CC#CC#CC#CC#CC#CC#CC#CC#CC#CC#CC#CC.CCOC(C)=O.O=C(CBr)c1nccs1.O=C(C[N+]12CCC(CC1)[C@@H](OC(=O)C(Nc1ccccc1)c1csc3ccccc13)C2)c1nccs1.O=C(O[C@H]1CN2CCC1CC2)C(Nc1ccccc1)c1csc2ccccc12.[Br-]. The Morgan fingerprint density at radius 3 is 1.15 bits per heavy atom. The summed E-state index contributed by atoms with van der Waals surface area (Å²) in [6, 6.07) is 35.0. The number of carbonyl (C=O) groups excluding carboxylic acids is 5. The molecular formula is C104H72Br2N6O8S4. The highest BCUT2D eigenvalue weighted by Crippen LogP contribution is 2.40. The number of quaternary nitrogens is 1. The first-order chi connectivity index (χ1) is 60.3. The molecule has 6 aliphatic rings. The zero-order valence-electron chi connectivity index (χ0n) is 67.6. The lowest BCUT2D eigenvalue weighted by Crippen LogP contribution is -3.00. The summed E-state index contributed by atoms with van der Waals surface area (Å²) in [6.07, 6.45) is 17.2. The van der Waals surface area contributed by atoms with Gasteiger partial charge in [0, 0.05) is 123 Å². The molecule has 604 valence electrons. The van der Waals surface area contributed by atoms with Gasteiger partial charge in [0.2, 0.25) is 11.6 Å². The van der Waals surface area contributed by atoms with Gasteiger partial charge < -0.3 is 46.3 Å². The van der Waals surface area contributed by atoms with E-state index >= 15 is 0 Å². The van der Waals surface area contributed by atoms with Crippen LogP contribution < -0.4 is 27.6 Å². The van der Waals surface area contributed by atoms with Crippen LogP contribution in [0.5, 0.6) is 0 Å². The third-order valence-corrected chi connectivity index (χ3v) is 21.4. The van der Waals surface area contributed by atoms with Crippen LogP contribution >= 0.6 is 61.3 Å². The van der Waals surface area contributed by atoms with Crippen LogP contribution in [-0.2, 0) is 28.6 Å². The lowest BCUT2D eigenvalue weighted by Gasteiger charge is -2.51. The fourth-order valence-electron chi connectivity index (χ4n) is 12.0. The second kappa shape index (κ2) is 58.9. The molecule has 20 heteroatoms. The lowest BCUT2D eigenvalue weighted by atomic mass is 9.83. The first-order valence-corrected chi connectivity index (χ1v) is 42.3. The van der Waals surface area contributed by atoms with Gasteiger partial charge in [-0.15, -0.1) is 58.2 Å². The maximum Gasteiger partial charge on any atom is 0.333 e. The minimum Gasteiger partial charge on any atom is -1.00 e. The Hall–Kier alpha value is -15.0. The number of alkyl halides is 1. The number of anilines is 2. The molecule has 6 aliphatic heterocycles. The summed E-state index contributed by atoms with van der Waals surface area (Å²) in [5, 5.41) is 18.3. The summed E-state index contributed by atoms with van der Waals surface area (Å²) in [6.45, 7) is 13.2. The van der Waals surface area contributed by atoms with E-state index in [1.807, 2.05) is 90.3 Å². The first-order valence-electron chi connectivity index (χ1n) is 37.7. The number of ether oxygens (including phenoxy) is 3. The van der Waals surface area contributed by atoms with Crippen molar-refractivity contribution in [3.8, 4) is 250 Å². The quantitative estimate of drug-likeness (QED) is 0.0235. The van der Waals surface area contributed by atoms with Gasteiger partial charge in [0.05, 0.1) is 25.0 Å². The molecule has 14 rings (SSSR count). The van der Waals surface area contributed by atoms with Gasteiger partial charge in [0.25, 0.3) is 0 Å². The van der Waals surface area contributed by atoms with Crippen molar-refractivity contribution in [2.24, 2.45) is 11.8 Å². The molecule has 0 aliphatic carbocycles. The third kappa shape index (κ3) is 36.3. The molecule has 0 spiro atoms. The van der Waals surface area contributed by atoms with Gasteiger partial charge in [0.15, 0.2) is 28.2 Å². The summed E-state index contributed by atoms with van der Waals surface area (Å²) < 4.78 is 19.8. The van der Waals surface area contributed by atoms with Crippen molar-refractivity contribution in [1.82, 2.24) is 14.9 Å². The van der Waals surface area contributed by atoms with E-state index in [0.717, 1.165) is 96.4 Å². The van der Waals surface area contributed by atoms with E-state index in [1.165, 1.54) is 34.3 Å². The number of thiazole rings is 2. The zero-order valence-corrected chi connectivity index (χ0v) is 74.0. The van der Waals surface area contributed by atoms with Gasteiger partial charge in [-0.1, -0.05) is 101 Å². The van der Waals surface area contributed by atoms with Crippen molar-refractivity contribution in [3.05, 3.63) is 164 Å². The van der Waals surface area contributed by atoms with Gasteiger partial charge in [0.1, 0.15) is 19.2 Å². The van der Waals surface area contributed by atoms with E-state index in [-0.39, 0.29) is 58.7 Å². The largest absolute Gasteiger partial charge is 1.00 e. The standard InChI is InChI=1S/C28H28N3O3S2.C25H4.C23H24N2O2S.C19H4.C5H4BrNOS.C4H8O2.BrH/c32-23(27-29-12-15-35-27)16-31-13-10-19(11-14-31)24(17-31)34-28(33)26(30-20-6-2-1-3-7-20)22-18-36-25-9-5-4-8-21(22)25;1-3-5-7-9-11-13-15-17-19-21-23-25-24-22-20-18-16-14-12-10-8-6-4-2;26-23(27-20-14-25-12-10-16(20)11-13-25)22(24-17-6-2-1-3-7-17)19-15-28-21-9-5-4-8-18(19)21;1-3-5-7-9-11-13-15-17-19-18-16-14-12-10-8-6-4-2;6-3-4(8)5-7-1-2-9-5;1-3-6-4(2)5;/h1-9,12,15,18-19,24,26,30H,10-11,13-14,16-17H2;1H,2H3;1-9,15-16,20,22,24H,10-14H2;1H,2H3;1-2H,3H2;3H2,1-2H3;1H/q+1;;;;;;/p-1/t19?,24-,26?,31?;;20-,22?;;;;/m0.0..../s1. The average Bonchev–Trinajstić information content (AvgIpc) is 1.62. The van der Waals surface area contributed by atoms with E-state index < -0.39 is 12.1 Å². The average molecular weight is 1820 g/mol. The van der Waals surface area contributed by atoms with E-state index in [0.29, 0.717) is 51.4 Å². The van der Waals surface area contributed by atoms with E-state index in [9.17, 15) is 24.0 Å². The van der Waals surface area contributed by atoms with E-state index in [1.54, 1.807) is 61.2 Å². The number of nitrogens with one attached hydrogen (secondary N) is 2. The summed E-state index contributed by atoms with van der Waals surface area (Å²) >= 11 is 9.12. The minimum absolute atomic E-state index is 0. The van der Waals surface area contributed by atoms with Crippen molar-refractivity contribution in [2.75, 3.05) is 68.4 Å². The molecule has 6 saturated heterocycles. The predicted molar refractivity (Wildman–Crippen MR) is 496 cm³/mol. The van der Waals surface area contributed by atoms with E-state index in [4.69, 9.17) is 22.3 Å². The highest BCUT2D eigenvalue weighted by atomic mass is 79.9. The molecule has 0 amide bonds. The maximum absolute atomic E-state index is 13.8. The fourth-order valence-corrected chi connectivity index (χ4v) is 15.6. The van der Waals surface area contributed by atoms with Gasteiger partial charge in [-0.25, -0.2) is 19.6 Å². The highest BCUT2D eigenvalue weighted by molar-refractivity contribution is 9.09. The fraction of sp³-hybridized carbons (Fsp3) is 0.221. The molecular weight excluding hydrogens is 1750 g/mol. The normalized spacial score (nSPS) is 14.9. The van der Waals surface area contributed by atoms with Gasteiger partial charge in [-0.2, -0.15) is 0 Å². The van der Waals surface area contributed by atoms with Crippen LogP contribution in [0.25, 0.3) is 20.2 Å². The Labute approximate surface area is 762 Å². The van der Waals surface area contributed by atoms with Crippen molar-refractivity contribution in [3.63, 3.8) is 0 Å². The Kier molecular flexibility index (Phi) is 46.5. The predicted octanol–water partition coefficient (Wildman–Crippen LogP) is 10.9. The molecule has 4 bridgehead atoms. The molecule has 2 unspecified atom stereocenters. The Balaban J connectivity index is 0.000000246. The number of rotatable bonds is 16. The molecule has 0 saturated carbocycles. The number of terminal acetylenes is 2. The number of aromatic nitrogens is 2. The van der Waals surface area contributed by atoms with Crippen LogP contribution in [0, 0.1) is 261 Å². The number of nitrogens with zero attached hydrogens (tertiary/aromatic N) is 4. The number of ketones is 2. The molecule has 4 atom stereocenters. The number of hydrogen-bond acceptors (Lipinski definition) is 17. The molecule has 2 N–H and O–H groups in total. The van der Waals surface area contributed by atoms with Crippen LogP contribution in [0.3, 0.4) is 0 Å². The van der Waals surface area contributed by atoms with Crippen LogP contribution in [0.2, 0.25) is 0 Å². The molecule has 124 heavy (non-hydrogen) atoms. The second-order valence-corrected chi connectivity index (χ2v) is 29.4. The van der Waals surface area contributed by atoms with Crippen LogP contribution in [-0.4, -0.2) is 119 Å². The topological polar surface area (TPSA) is 166 Å². The van der Waals surface area contributed by atoms with Crippen molar-refractivity contribution in [2.45, 2.75) is 77.7 Å². The Morgan fingerprint density at radius 2 is 0.823 bits per heavy atom. The number of halogens is 2. The molecule has 4 aromatic heterocycles. The number of piperidine rings is 6. The number of thiophene rings is 2. The van der Waals surface area contributed by atoms with Gasteiger partial charge in [-0.3, -0.25) is 19.3 Å². The number of benzene rings is 4. The smallest absolute Gasteiger partial charge is 0.333 e. The monoisotopic (exact) mass is 1820 g/mol. The Bertz CT molecular complexity index is 6530. The molecule has 0 radical (unpaired) electrons. The molecule has 4 aromatic carbocycles. The lowest BCUT2D eigenvalue weighted by molar-refractivity contribution is -0.938. The van der Waals surface area contributed by atoms with Gasteiger partial charge >= 0.3 is 17.9 Å². The minimum atomic E-state index is -0.607. The van der Waals surface area contributed by atoms with Crippen LogP contribution in [0.4, 0.5) is 11.4 Å². The summed E-state index contributed by atoms with van der Waals surface area (Å²) in [4.78, 5) is 71.1. The second-order valence-electron chi connectivity index (χ2n) is 25.2. The number of Topliss-reactive ketones (excluding diaryl/α,β-unsaturated/α-hetero) is 2. The van der Waals surface area contributed by atoms with Gasteiger partial charge in [-0.05, 0) is 300 Å². The first kappa shape index (κ1) is 97.9. The number of para-hydroxylation sites is 2. The molecule has 10 heterocycles. The molecule has 14 nitrogen and oxygen atoms in total. The van der Waals surface area contributed by atoms with Crippen molar-refractivity contribution < 1.29 is 59.6 Å². The maximum atomic E-state index is 13.8. The van der Waals surface area contributed by atoms with Crippen molar-refractivity contribution in [1.29, 1.82) is 0 Å². The number of fused-ring (bicyclic) bond motifs is 8. The number of carbonyl (C=O) groups is 5. The van der Waals surface area contributed by atoms with E-state index in [2.05, 4.69) is 318 Å². The summed E-state index contributed by atoms with van der Waals surface area (Å²) in [5.41, 5.74) is 3.74.